The molecule has 0 aliphatic heterocycles. The van der Waals surface area contributed by atoms with E-state index in [0.29, 0.717) is 22.3 Å². The van der Waals surface area contributed by atoms with E-state index < -0.39 is 23.4 Å². The largest absolute Gasteiger partial charge is 0.481 e. The van der Waals surface area contributed by atoms with Gasteiger partial charge in [-0.25, -0.2) is 4.79 Å². The quantitative estimate of drug-likeness (QED) is 0.553. The van der Waals surface area contributed by atoms with Crippen molar-refractivity contribution in [1.82, 2.24) is 0 Å². The summed E-state index contributed by atoms with van der Waals surface area (Å²) in [4.78, 5) is 25.1. The summed E-state index contributed by atoms with van der Waals surface area (Å²) in [5.74, 6) is -1.67. The second kappa shape index (κ2) is 6.20. The zero-order valence-corrected chi connectivity index (χ0v) is 14.8. The summed E-state index contributed by atoms with van der Waals surface area (Å²) in [5, 5.41) is 11.4. The van der Waals surface area contributed by atoms with Crippen LogP contribution in [0.15, 0.2) is 88.1 Å². The summed E-state index contributed by atoms with van der Waals surface area (Å²) in [6.07, 6.45) is 0. The van der Waals surface area contributed by atoms with Crippen molar-refractivity contribution in [2.75, 3.05) is 0 Å². The van der Waals surface area contributed by atoms with Gasteiger partial charge < -0.3 is 9.52 Å². The lowest BCUT2D eigenvalue weighted by atomic mass is 9.69. The number of carbonyl (C=O) groups is 1. The van der Waals surface area contributed by atoms with Crippen LogP contribution in [0.5, 0.6) is 0 Å². The summed E-state index contributed by atoms with van der Waals surface area (Å²) in [6.45, 7) is 0. The first kappa shape index (κ1) is 16.5. The molecule has 0 spiro atoms. The summed E-state index contributed by atoms with van der Waals surface area (Å²) in [6, 6.07) is 24.1. The Labute approximate surface area is 160 Å². The summed E-state index contributed by atoms with van der Waals surface area (Å²) in [7, 11) is 0. The predicted octanol–water partition coefficient (Wildman–Crippen LogP) is 4.77. The van der Waals surface area contributed by atoms with E-state index in [1.165, 1.54) is 0 Å². The molecule has 2 atom stereocenters. The van der Waals surface area contributed by atoms with Gasteiger partial charge >= 0.3 is 11.6 Å². The molecule has 4 aromatic rings. The molecule has 1 N–H and O–H groups in total. The van der Waals surface area contributed by atoms with Crippen LogP contribution in [0.3, 0.4) is 0 Å². The first-order valence-electron chi connectivity index (χ1n) is 9.09. The zero-order chi connectivity index (χ0) is 19.3. The van der Waals surface area contributed by atoms with Gasteiger partial charge in [-0.05, 0) is 22.6 Å². The van der Waals surface area contributed by atoms with Crippen molar-refractivity contribution in [3.8, 4) is 11.3 Å². The fourth-order valence-corrected chi connectivity index (χ4v) is 4.35. The summed E-state index contributed by atoms with van der Waals surface area (Å²) >= 11 is 0. The Bertz CT molecular complexity index is 1270. The van der Waals surface area contributed by atoms with Crippen LogP contribution in [0, 0.1) is 0 Å². The van der Waals surface area contributed by atoms with Gasteiger partial charge in [0, 0.05) is 17.0 Å². The second-order valence-corrected chi connectivity index (χ2v) is 6.97. The number of fused-ring (bicyclic) bond motifs is 5. The molecular formula is C24H16O4. The number of hydrogen-bond donors (Lipinski definition) is 1. The topological polar surface area (TPSA) is 67.5 Å². The van der Waals surface area contributed by atoms with Crippen LogP contribution >= 0.6 is 0 Å². The number of carboxylic acid groups (broad SMARTS) is 1. The van der Waals surface area contributed by atoms with Gasteiger partial charge in [0.15, 0.2) is 0 Å². The van der Waals surface area contributed by atoms with Crippen molar-refractivity contribution in [3.05, 3.63) is 106 Å². The standard InChI is InChI=1S/C24H16O4/c25-23(26)21-15-10-4-6-12-17(15)22-20(19(21)14-8-2-1-3-9-14)16-11-5-7-13-18(16)24(27)28-22/h1-13,19,21H,(H,25,26)/t19-,21-/m0/s1. The van der Waals surface area contributed by atoms with Gasteiger partial charge in [-0.3, -0.25) is 4.79 Å². The Morgan fingerprint density at radius 3 is 2.21 bits per heavy atom. The van der Waals surface area contributed by atoms with Crippen molar-refractivity contribution in [1.29, 1.82) is 0 Å². The number of hydrogen-bond acceptors (Lipinski definition) is 3. The van der Waals surface area contributed by atoms with E-state index in [9.17, 15) is 14.7 Å². The van der Waals surface area contributed by atoms with Gasteiger partial charge in [0.25, 0.3) is 0 Å². The first-order chi connectivity index (χ1) is 13.7. The maximum Gasteiger partial charge on any atom is 0.344 e. The van der Waals surface area contributed by atoms with E-state index in [1.807, 2.05) is 66.7 Å². The number of aliphatic carboxylic acids is 1. The Balaban J connectivity index is 1.97. The van der Waals surface area contributed by atoms with Crippen molar-refractivity contribution < 1.29 is 14.3 Å². The van der Waals surface area contributed by atoms with Crippen molar-refractivity contribution >= 4 is 16.7 Å². The molecule has 0 saturated heterocycles. The third-order valence-electron chi connectivity index (χ3n) is 5.49. The second-order valence-electron chi connectivity index (χ2n) is 6.97. The average molecular weight is 368 g/mol. The Kier molecular flexibility index (Phi) is 3.66. The van der Waals surface area contributed by atoms with Crippen molar-refractivity contribution in [2.45, 2.75) is 11.8 Å². The van der Waals surface area contributed by atoms with Gasteiger partial charge in [0.1, 0.15) is 5.76 Å². The van der Waals surface area contributed by atoms with E-state index in [1.54, 1.807) is 12.1 Å². The van der Waals surface area contributed by atoms with Crippen LogP contribution < -0.4 is 5.63 Å². The summed E-state index contributed by atoms with van der Waals surface area (Å²) < 4.78 is 5.77. The minimum absolute atomic E-state index is 0.412. The molecular weight excluding hydrogens is 352 g/mol. The smallest absolute Gasteiger partial charge is 0.344 e. The third kappa shape index (κ3) is 2.31. The molecule has 1 aliphatic rings. The lowest BCUT2D eigenvalue weighted by Crippen LogP contribution is -2.26. The SMILES string of the molecule is O=C(O)[C@H]1c2ccccc2-c2oc(=O)c3ccccc3c2[C@@H]1c1ccccc1. The Hall–Kier alpha value is -3.66. The normalized spacial score (nSPS) is 17.7. The van der Waals surface area contributed by atoms with E-state index in [-0.39, 0.29) is 0 Å². The van der Waals surface area contributed by atoms with Crippen LogP contribution in [-0.4, -0.2) is 11.1 Å². The molecule has 4 nitrogen and oxygen atoms in total. The minimum atomic E-state index is -0.901. The molecule has 1 aliphatic carbocycles. The third-order valence-corrected chi connectivity index (χ3v) is 5.49. The molecule has 1 heterocycles. The van der Waals surface area contributed by atoms with Gasteiger partial charge in [0.05, 0.1) is 11.3 Å². The average Bonchev–Trinajstić information content (AvgIpc) is 2.73. The molecule has 1 aromatic heterocycles. The zero-order valence-electron chi connectivity index (χ0n) is 14.8. The lowest BCUT2D eigenvalue weighted by molar-refractivity contribution is -0.139. The van der Waals surface area contributed by atoms with Gasteiger partial charge in [-0.15, -0.1) is 0 Å². The van der Waals surface area contributed by atoms with Crippen LogP contribution in [0.1, 0.15) is 28.5 Å². The van der Waals surface area contributed by atoms with Gasteiger partial charge in [-0.1, -0.05) is 72.8 Å². The molecule has 0 bridgehead atoms. The molecule has 0 saturated carbocycles. The highest BCUT2D eigenvalue weighted by atomic mass is 16.4. The number of carboxylic acids is 1. The van der Waals surface area contributed by atoms with Gasteiger partial charge in [0.2, 0.25) is 0 Å². The first-order valence-corrected chi connectivity index (χ1v) is 9.09. The van der Waals surface area contributed by atoms with Crippen molar-refractivity contribution in [2.24, 2.45) is 0 Å². The number of benzene rings is 3. The molecule has 5 rings (SSSR count). The molecule has 0 fully saturated rings. The van der Waals surface area contributed by atoms with Crippen LogP contribution in [0.25, 0.3) is 22.1 Å². The molecule has 136 valence electrons. The Morgan fingerprint density at radius 1 is 0.821 bits per heavy atom. The maximum absolute atomic E-state index is 12.6. The highest BCUT2D eigenvalue weighted by Gasteiger charge is 2.41. The van der Waals surface area contributed by atoms with Crippen LogP contribution in [0.2, 0.25) is 0 Å². The maximum atomic E-state index is 12.6. The molecule has 0 amide bonds. The monoisotopic (exact) mass is 368 g/mol. The highest BCUT2D eigenvalue weighted by molar-refractivity contribution is 5.95. The molecule has 28 heavy (non-hydrogen) atoms. The molecule has 0 radical (unpaired) electrons. The van der Waals surface area contributed by atoms with E-state index in [4.69, 9.17) is 4.42 Å². The fourth-order valence-electron chi connectivity index (χ4n) is 4.35. The predicted molar refractivity (Wildman–Crippen MR) is 107 cm³/mol. The Morgan fingerprint density at radius 2 is 1.46 bits per heavy atom. The van der Waals surface area contributed by atoms with E-state index in [0.717, 1.165) is 16.5 Å². The minimum Gasteiger partial charge on any atom is -0.481 e. The molecule has 0 unspecified atom stereocenters. The highest BCUT2D eigenvalue weighted by Crippen LogP contribution is 2.51. The van der Waals surface area contributed by atoms with Gasteiger partial charge in [-0.2, -0.15) is 0 Å². The number of rotatable bonds is 2. The van der Waals surface area contributed by atoms with Crippen LogP contribution in [0.4, 0.5) is 0 Å². The lowest BCUT2D eigenvalue weighted by Gasteiger charge is -2.33. The molecule has 4 heteroatoms. The summed E-state index contributed by atoms with van der Waals surface area (Å²) in [5.41, 5.74) is 2.55. The van der Waals surface area contributed by atoms with Crippen molar-refractivity contribution in [3.63, 3.8) is 0 Å². The molecule has 3 aromatic carbocycles. The fraction of sp³-hybridized carbons (Fsp3) is 0.0833. The van der Waals surface area contributed by atoms with Crippen LogP contribution in [-0.2, 0) is 4.79 Å². The van der Waals surface area contributed by atoms with E-state index in [2.05, 4.69) is 0 Å². The van der Waals surface area contributed by atoms with E-state index >= 15 is 0 Å².